The highest BCUT2D eigenvalue weighted by Crippen LogP contribution is 2.28. The number of esters is 1. The molecule has 2 aliphatic rings. The molecule has 0 bridgehead atoms. The molecule has 59 heavy (non-hydrogen) atoms. The summed E-state index contributed by atoms with van der Waals surface area (Å²) >= 11 is 24.1. The third-order valence-corrected chi connectivity index (χ3v) is 11.7. The first-order valence-electron chi connectivity index (χ1n) is 18.5. The van der Waals surface area contributed by atoms with Gasteiger partial charge in [0, 0.05) is 49.3 Å². The van der Waals surface area contributed by atoms with Gasteiger partial charge in [0.05, 0.1) is 61.5 Å². The molecule has 0 spiro atoms. The maximum absolute atomic E-state index is 12.8. The van der Waals surface area contributed by atoms with E-state index in [9.17, 15) is 33.9 Å². The van der Waals surface area contributed by atoms with Gasteiger partial charge in [0.25, 0.3) is 11.8 Å². The summed E-state index contributed by atoms with van der Waals surface area (Å²) in [6.07, 6.45) is 1.49. The largest absolute Gasteiger partial charge is 0.478 e. The minimum Gasteiger partial charge on any atom is -0.478 e. The van der Waals surface area contributed by atoms with E-state index in [1.165, 1.54) is 29.9 Å². The van der Waals surface area contributed by atoms with Crippen molar-refractivity contribution in [3.63, 3.8) is 0 Å². The highest BCUT2D eigenvalue weighted by molar-refractivity contribution is 6.37. The Bertz CT molecular complexity index is 2760. The number of carboxylic acid groups (broad SMARTS) is 1. The minimum absolute atomic E-state index is 0.0650. The zero-order valence-corrected chi connectivity index (χ0v) is 34.4. The predicted octanol–water partition coefficient (Wildman–Crippen LogP) is 7.08. The van der Waals surface area contributed by atoms with Crippen molar-refractivity contribution in [1.82, 2.24) is 28.9 Å². The maximum atomic E-state index is 12.8. The number of fused-ring (bicyclic) bond motifs is 2. The number of methoxy groups -OCH3 is 1. The number of aromatic nitrogens is 4. The van der Waals surface area contributed by atoms with Gasteiger partial charge in [-0.3, -0.25) is 18.7 Å². The van der Waals surface area contributed by atoms with Crippen LogP contribution in [0.2, 0.25) is 20.1 Å². The number of carbonyl (C=O) groups excluding carboxylic acids is 3. The predicted molar refractivity (Wildman–Crippen MR) is 224 cm³/mol. The normalized spacial score (nSPS) is 16.4. The molecular weight excluding hydrogens is 846 g/mol. The monoisotopic (exact) mass is 880 g/mol. The summed E-state index contributed by atoms with van der Waals surface area (Å²) < 4.78 is 7.91. The SMILES string of the molecule is COC(=O)c1ccc2[nH]c(=O)n(CC3CCN(C(=O)c4ccc(Cl)cc4Cl)C3)c2c1.O=C(O)c1ccc2[nH]c(=O)n(CC3CCN(C(=O)c4ccc(Cl)cc4Cl)C3)c2c1. The second-order valence-electron chi connectivity index (χ2n) is 14.4. The second-order valence-corrected chi connectivity index (χ2v) is 16.1. The van der Waals surface area contributed by atoms with Crippen LogP contribution in [-0.4, -0.2) is 91.1 Å². The smallest absolute Gasteiger partial charge is 0.337 e. The van der Waals surface area contributed by atoms with Gasteiger partial charge in [-0.2, -0.15) is 0 Å². The molecule has 3 N–H and O–H groups in total. The molecule has 4 aromatic carbocycles. The highest BCUT2D eigenvalue weighted by Gasteiger charge is 2.31. The number of likely N-dealkylation sites (tertiary alicyclic amines) is 2. The van der Waals surface area contributed by atoms with Crippen LogP contribution < -0.4 is 11.4 Å². The molecule has 2 aliphatic heterocycles. The third-order valence-electron chi connectivity index (χ3n) is 10.6. The molecule has 8 rings (SSSR count). The van der Waals surface area contributed by atoms with Gasteiger partial charge in [-0.1, -0.05) is 46.4 Å². The molecule has 4 heterocycles. The fourth-order valence-corrected chi connectivity index (χ4v) is 8.54. The number of benzene rings is 4. The first kappa shape index (κ1) is 41.6. The Kier molecular flexibility index (Phi) is 12.2. The zero-order valence-electron chi connectivity index (χ0n) is 31.3. The second kappa shape index (κ2) is 17.4. The van der Waals surface area contributed by atoms with Crippen molar-refractivity contribution in [2.75, 3.05) is 33.3 Å². The molecule has 0 saturated carbocycles. The number of carboxylic acids is 1. The number of amides is 2. The molecule has 2 unspecified atom stereocenters. The van der Waals surface area contributed by atoms with Crippen molar-refractivity contribution in [1.29, 1.82) is 0 Å². The van der Waals surface area contributed by atoms with Crippen LogP contribution in [0.5, 0.6) is 0 Å². The molecule has 0 radical (unpaired) electrons. The van der Waals surface area contributed by atoms with Crippen molar-refractivity contribution >= 4 is 92.2 Å². The lowest BCUT2D eigenvalue weighted by Gasteiger charge is -2.18. The summed E-state index contributed by atoms with van der Waals surface area (Å²) in [5.41, 5.74) is 3.15. The average molecular weight is 883 g/mol. The highest BCUT2D eigenvalue weighted by atomic mass is 35.5. The molecule has 2 amide bonds. The zero-order chi connectivity index (χ0) is 42.1. The number of hydrogen-bond donors (Lipinski definition) is 3. The fraction of sp³-hybridized carbons (Fsp3) is 0.268. The van der Waals surface area contributed by atoms with Gasteiger partial charge in [0.1, 0.15) is 0 Å². The summed E-state index contributed by atoms with van der Waals surface area (Å²) in [5.74, 6) is -1.68. The Morgan fingerprint density at radius 1 is 0.661 bits per heavy atom. The van der Waals surface area contributed by atoms with Crippen LogP contribution in [0.15, 0.2) is 82.4 Å². The van der Waals surface area contributed by atoms with Crippen LogP contribution in [0.1, 0.15) is 54.3 Å². The average Bonchev–Trinajstić information content (AvgIpc) is 4.01. The van der Waals surface area contributed by atoms with Crippen molar-refractivity contribution < 1.29 is 29.0 Å². The van der Waals surface area contributed by atoms with Crippen LogP contribution in [0.3, 0.4) is 0 Å². The molecule has 0 aliphatic carbocycles. The quantitative estimate of drug-likeness (QED) is 0.136. The van der Waals surface area contributed by atoms with E-state index >= 15 is 0 Å². The molecule has 6 aromatic rings. The molecular formula is C41H36Cl4N6O8. The number of rotatable bonds is 8. The summed E-state index contributed by atoms with van der Waals surface area (Å²) in [6.45, 7) is 2.94. The van der Waals surface area contributed by atoms with Gasteiger partial charge in [-0.25, -0.2) is 19.2 Å². The fourth-order valence-electron chi connectivity index (χ4n) is 7.56. The Morgan fingerprint density at radius 2 is 1.10 bits per heavy atom. The number of nitrogens with zero attached hydrogens (tertiary/aromatic N) is 4. The number of imidazole rings is 2. The van der Waals surface area contributed by atoms with Crippen LogP contribution >= 0.6 is 46.4 Å². The van der Waals surface area contributed by atoms with E-state index in [-0.39, 0.29) is 40.6 Å². The Balaban J connectivity index is 0.000000179. The van der Waals surface area contributed by atoms with Crippen LogP contribution in [0.4, 0.5) is 0 Å². The molecule has 2 saturated heterocycles. The number of halogens is 4. The van der Waals surface area contributed by atoms with Gasteiger partial charge in [-0.15, -0.1) is 0 Å². The summed E-state index contributed by atoms with van der Waals surface area (Å²) in [7, 11) is 1.31. The van der Waals surface area contributed by atoms with E-state index in [1.54, 1.807) is 69.0 Å². The molecule has 2 aromatic heterocycles. The topological polar surface area (TPSA) is 180 Å². The van der Waals surface area contributed by atoms with E-state index in [2.05, 4.69) is 9.97 Å². The van der Waals surface area contributed by atoms with E-state index in [4.69, 9.17) is 51.1 Å². The van der Waals surface area contributed by atoms with Crippen LogP contribution in [-0.2, 0) is 17.8 Å². The lowest BCUT2D eigenvalue weighted by Crippen LogP contribution is -2.30. The van der Waals surface area contributed by atoms with Gasteiger partial charge >= 0.3 is 23.3 Å². The number of aromatic carboxylic acids is 1. The summed E-state index contributed by atoms with van der Waals surface area (Å²) in [4.78, 5) is 82.5. The minimum atomic E-state index is -1.05. The number of hydrogen-bond acceptors (Lipinski definition) is 7. The molecule has 2 atom stereocenters. The standard InChI is InChI=1S/C21H19Cl2N3O4.C20H17Cl2N3O4/c1-30-20(28)13-2-5-17-18(8-13)26(21(29)24-17)11-12-6-7-25(10-12)19(27)15-4-3-14(22)9-16(15)23;21-13-2-3-14(15(22)8-13)18(26)24-6-5-11(9-24)10-25-17-7-12(19(27)28)1-4-16(17)23-20(25)29/h2-5,8-9,12H,6-7,10-11H2,1H3,(H,24,29);1-4,7-8,11H,5-6,9-10H2,(H,23,29)(H,27,28). The molecule has 18 heteroatoms. The molecule has 2 fully saturated rings. The third kappa shape index (κ3) is 8.91. The number of carbonyl (C=O) groups is 4. The number of H-pyrrole nitrogens is 2. The van der Waals surface area contributed by atoms with E-state index in [0.29, 0.717) is 98.1 Å². The van der Waals surface area contributed by atoms with E-state index in [0.717, 1.165) is 12.8 Å². The Morgan fingerprint density at radius 3 is 1.53 bits per heavy atom. The molecule has 14 nitrogen and oxygen atoms in total. The van der Waals surface area contributed by atoms with Gasteiger partial charge in [0.15, 0.2) is 0 Å². The first-order valence-corrected chi connectivity index (χ1v) is 20.0. The van der Waals surface area contributed by atoms with Crippen LogP contribution in [0.25, 0.3) is 22.1 Å². The number of nitrogens with one attached hydrogen (secondary N) is 2. The lowest BCUT2D eigenvalue weighted by molar-refractivity contribution is 0.0599. The van der Waals surface area contributed by atoms with E-state index in [1.807, 2.05) is 0 Å². The maximum Gasteiger partial charge on any atom is 0.337 e. The van der Waals surface area contributed by atoms with Crippen LogP contribution in [0, 0.1) is 11.8 Å². The van der Waals surface area contributed by atoms with Crippen molar-refractivity contribution in [3.8, 4) is 0 Å². The van der Waals surface area contributed by atoms with Gasteiger partial charge < -0.3 is 29.6 Å². The Hall–Kier alpha value is -5.54. The Labute approximate surface area is 355 Å². The van der Waals surface area contributed by atoms with Crippen molar-refractivity contribution in [2.45, 2.75) is 25.9 Å². The van der Waals surface area contributed by atoms with Crippen molar-refractivity contribution in [2.24, 2.45) is 11.8 Å². The first-order chi connectivity index (χ1) is 28.2. The molecule has 306 valence electrons. The van der Waals surface area contributed by atoms with Gasteiger partial charge in [-0.05, 0) is 97.5 Å². The van der Waals surface area contributed by atoms with E-state index < -0.39 is 11.9 Å². The summed E-state index contributed by atoms with van der Waals surface area (Å²) in [5, 5.41) is 10.8. The number of aromatic amines is 2. The summed E-state index contributed by atoms with van der Waals surface area (Å²) in [6, 6.07) is 19.1. The lowest BCUT2D eigenvalue weighted by atomic mass is 10.1. The number of ether oxygens (including phenoxy) is 1. The van der Waals surface area contributed by atoms with Gasteiger partial charge in [0.2, 0.25) is 0 Å². The van der Waals surface area contributed by atoms with Crippen molar-refractivity contribution in [3.05, 3.63) is 136 Å².